The van der Waals surface area contributed by atoms with Crippen molar-refractivity contribution in [3.63, 3.8) is 0 Å². The number of carbonyl (C=O) groups is 1. The second kappa shape index (κ2) is 7.43. The normalized spacial score (nSPS) is 23.7. The number of hydrogen-bond donors (Lipinski definition) is 1. The zero-order chi connectivity index (χ0) is 15.2. The largest absolute Gasteiger partial charge is 0.481 e. The van der Waals surface area contributed by atoms with E-state index in [1.165, 1.54) is 0 Å². The second-order valence-electron chi connectivity index (χ2n) is 5.32. The molecule has 1 fully saturated rings. The maximum absolute atomic E-state index is 12.6. The third-order valence-electron chi connectivity index (χ3n) is 3.51. The lowest BCUT2D eigenvalue weighted by Gasteiger charge is -2.37. The topological polar surface area (TPSA) is 59.0 Å². The van der Waals surface area contributed by atoms with Gasteiger partial charge in [-0.25, -0.2) is 0 Å². The Bertz CT molecular complexity index is 451. The first-order valence-corrected chi connectivity index (χ1v) is 7.40. The molecule has 1 N–H and O–H groups in total. The molecular weight excluding hydrogens is 270 g/mol. The molecule has 5 heteroatoms. The Kier molecular flexibility index (Phi) is 5.59. The van der Waals surface area contributed by atoms with Gasteiger partial charge in [0, 0.05) is 13.1 Å². The van der Waals surface area contributed by atoms with Crippen LogP contribution in [0.5, 0.6) is 5.75 Å². The Labute approximate surface area is 125 Å². The molecule has 1 saturated heterocycles. The first-order chi connectivity index (χ1) is 10.1. The molecule has 0 radical (unpaired) electrons. The molecule has 0 aliphatic carbocycles. The van der Waals surface area contributed by atoms with Crippen LogP contribution in [0.15, 0.2) is 30.3 Å². The van der Waals surface area contributed by atoms with Crippen LogP contribution in [0.4, 0.5) is 0 Å². The van der Waals surface area contributed by atoms with Gasteiger partial charge in [-0.2, -0.15) is 0 Å². The molecule has 3 unspecified atom stereocenters. The minimum absolute atomic E-state index is 0.0463. The molecule has 0 spiro atoms. The van der Waals surface area contributed by atoms with Crippen LogP contribution in [-0.4, -0.2) is 53.9 Å². The fraction of sp³-hybridized carbons (Fsp3) is 0.562. The van der Waals surface area contributed by atoms with E-state index in [2.05, 4.69) is 0 Å². The highest BCUT2D eigenvalue weighted by molar-refractivity contribution is 5.81. The average molecular weight is 293 g/mol. The highest BCUT2D eigenvalue weighted by Crippen LogP contribution is 2.17. The molecule has 1 heterocycles. The Morgan fingerprint density at radius 3 is 2.76 bits per heavy atom. The van der Waals surface area contributed by atoms with Crippen LogP contribution in [0.25, 0.3) is 0 Å². The van der Waals surface area contributed by atoms with Crippen molar-refractivity contribution in [1.82, 2.24) is 4.90 Å². The summed E-state index contributed by atoms with van der Waals surface area (Å²) in [5.41, 5.74) is 0. The summed E-state index contributed by atoms with van der Waals surface area (Å²) in [6.07, 6.45) is -0.290. The molecule has 1 aliphatic heterocycles. The molecule has 0 bridgehead atoms. The van der Waals surface area contributed by atoms with Gasteiger partial charge in [0.25, 0.3) is 5.91 Å². The number of rotatable bonds is 5. The Balaban J connectivity index is 2.02. The van der Waals surface area contributed by atoms with Crippen molar-refractivity contribution in [2.75, 3.05) is 19.7 Å². The standard InChI is InChI=1S/C16H23NO4/c1-3-15(21-13-7-5-4-6-8-13)16(19)17-9-12(2)20-14(10-17)11-18/h4-8,12,14-15,18H,3,9-11H2,1-2H3. The van der Waals surface area contributed by atoms with Crippen molar-refractivity contribution in [2.24, 2.45) is 0 Å². The fourth-order valence-corrected chi connectivity index (χ4v) is 2.50. The number of aliphatic hydroxyl groups excluding tert-OH is 1. The molecule has 116 valence electrons. The van der Waals surface area contributed by atoms with Gasteiger partial charge in [0.1, 0.15) is 5.75 Å². The van der Waals surface area contributed by atoms with E-state index in [9.17, 15) is 9.90 Å². The van der Waals surface area contributed by atoms with E-state index in [1.54, 1.807) is 4.90 Å². The van der Waals surface area contributed by atoms with Gasteiger partial charge in [0.05, 0.1) is 18.8 Å². The van der Waals surface area contributed by atoms with Gasteiger partial charge >= 0.3 is 0 Å². The molecule has 5 nitrogen and oxygen atoms in total. The number of para-hydroxylation sites is 1. The van der Waals surface area contributed by atoms with Crippen LogP contribution in [0.3, 0.4) is 0 Å². The van der Waals surface area contributed by atoms with Gasteiger partial charge in [0.15, 0.2) is 6.10 Å². The summed E-state index contributed by atoms with van der Waals surface area (Å²) < 4.78 is 11.4. The molecule has 0 saturated carbocycles. The van der Waals surface area contributed by atoms with Crippen molar-refractivity contribution >= 4 is 5.91 Å². The van der Waals surface area contributed by atoms with Crippen molar-refractivity contribution < 1.29 is 19.4 Å². The van der Waals surface area contributed by atoms with Crippen LogP contribution in [0.1, 0.15) is 20.3 Å². The summed E-state index contributed by atoms with van der Waals surface area (Å²) in [7, 11) is 0. The smallest absolute Gasteiger partial charge is 0.263 e. The molecule has 21 heavy (non-hydrogen) atoms. The van der Waals surface area contributed by atoms with E-state index >= 15 is 0 Å². The molecular formula is C16H23NO4. The van der Waals surface area contributed by atoms with E-state index in [0.717, 1.165) is 0 Å². The maximum atomic E-state index is 12.6. The summed E-state index contributed by atoms with van der Waals surface area (Å²) in [4.78, 5) is 14.3. The number of hydrogen-bond acceptors (Lipinski definition) is 4. The van der Waals surface area contributed by atoms with Gasteiger partial charge in [-0.15, -0.1) is 0 Å². The minimum Gasteiger partial charge on any atom is -0.481 e. The molecule has 3 atom stereocenters. The van der Waals surface area contributed by atoms with Gasteiger partial charge in [-0.1, -0.05) is 25.1 Å². The summed E-state index contributed by atoms with van der Waals surface area (Å²) >= 11 is 0. The van der Waals surface area contributed by atoms with E-state index < -0.39 is 6.10 Å². The summed E-state index contributed by atoms with van der Waals surface area (Å²) in [6.45, 7) is 4.70. The lowest BCUT2D eigenvalue weighted by atomic mass is 10.1. The zero-order valence-electron chi connectivity index (χ0n) is 12.6. The number of benzene rings is 1. The number of ether oxygens (including phenoxy) is 2. The summed E-state index contributed by atoms with van der Waals surface area (Å²) in [5.74, 6) is 0.646. The van der Waals surface area contributed by atoms with E-state index in [0.29, 0.717) is 25.3 Å². The van der Waals surface area contributed by atoms with Crippen LogP contribution >= 0.6 is 0 Å². The third-order valence-corrected chi connectivity index (χ3v) is 3.51. The lowest BCUT2D eigenvalue weighted by Crippen LogP contribution is -2.53. The van der Waals surface area contributed by atoms with Crippen LogP contribution < -0.4 is 4.74 Å². The molecule has 2 rings (SSSR count). The summed E-state index contributed by atoms with van der Waals surface area (Å²) in [6, 6.07) is 9.35. The lowest BCUT2D eigenvalue weighted by molar-refractivity contribution is -0.154. The summed E-state index contributed by atoms with van der Waals surface area (Å²) in [5, 5.41) is 9.25. The predicted molar refractivity (Wildman–Crippen MR) is 79.1 cm³/mol. The van der Waals surface area contributed by atoms with Gasteiger partial charge in [-0.3, -0.25) is 4.79 Å². The number of aliphatic hydroxyl groups is 1. The maximum Gasteiger partial charge on any atom is 0.263 e. The highest BCUT2D eigenvalue weighted by atomic mass is 16.5. The number of nitrogens with zero attached hydrogens (tertiary/aromatic N) is 1. The average Bonchev–Trinajstić information content (AvgIpc) is 2.52. The van der Waals surface area contributed by atoms with E-state index in [1.807, 2.05) is 44.2 Å². The Hall–Kier alpha value is -1.59. The third kappa shape index (κ3) is 4.19. The van der Waals surface area contributed by atoms with Crippen LogP contribution in [-0.2, 0) is 9.53 Å². The monoisotopic (exact) mass is 293 g/mol. The first-order valence-electron chi connectivity index (χ1n) is 7.40. The fourth-order valence-electron chi connectivity index (χ4n) is 2.50. The highest BCUT2D eigenvalue weighted by Gasteiger charge is 2.32. The SMILES string of the molecule is CCC(Oc1ccccc1)C(=O)N1CC(C)OC(CO)C1. The first kappa shape index (κ1) is 15.8. The second-order valence-corrected chi connectivity index (χ2v) is 5.32. The minimum atomic E-state index is -0.503. The van der Waals surface area contributed by atoms with Crippen molar-refractivity contribution in [2.45, 2.75) is 38.6 Å². The van der Waals surface area contributed by atoms with Crippen molar-refractivity contribution in [1.29, 1.82) is 0 Å². The molecule has 0 aromatic heterocycles. The van der Waals surface area contributed by atoms with Gasteiger partial charge < -0.3 is 19.5 Å². The molecule has 1 aromatic rings. The quantitative estimate of drug-likeness (QED) is 0.893. The number of amides is 1. The van der Waals surface area contributed by atoms with Crippen molar-refractivity contribution in [3.8, 4) is 5.75 Å². The van der Waals surface area contributed by atoms with Gasteiger partial charge in [-0.05, 0) is 25.5 Å². The molecule has 1 amide bonds. The zero-order valence-corrected chi connectivity index (χ0v) is 12.6. The van der Waals surface area contributed by atoms with Crippen LogP contribution in [0, 0.1) is 0 Å². The molecule has 1 aromatic carbocycles. The Morgan fingerprint density at radius 1 is 1.43 bits per heavy atom. The number of morpholine rings is 1. The van der Waals surface area contributed by atoms with Crippen LogP contribution in [0.2, 0.25) is 0 Å². The van der Waals surface area contributed by atoms with Gasteiger partial charge in [0.2, 0.25) is 0 Å². The predicted octanol–water partition coefficient (Wildman–Crippen LogP) is 1.45. The Morgan fingerprint density at radius 2 is 2.14 bits per heavy atom. The van der Waals surface area contributed by atoms with E-state index in [-0.39, 0.29) is 24.7 Å². The van der Waals surface area contributed by atoms with Crippen molar-refractivity contribution in [3.05, 3.63) is 30.3 Å². The number of carbonyl (C=O) groups excluding carboxylic acids is 1. The van der Waals surface area contributed by atoms with E-state index in [4.69, 9.17) is 9.47 Å². The molecule has 1 aliphatic rings.